The first-order chi connectivity index (χ1) is 12.4. The van der Waals surface area contributed by atoms with Gasteiger partial charge < -0.3 is 5.32 Å². The number of aromatic nitrogens is 1. The quantitative estimate of drug-likeness (QED) is 0.741. The molecule has 0 radical (unpaired) electrons. The summed E-state index contributed by atoms with van der Waals surface area (Å²) >= 11 is 0. The van der Waals surface area contributed by atoms with E-state index in [1.807, 2.05) is 30.3 Å². The minimum atomic E-state index is -4.50. The predicted octanol–water partition coefficient (Wildman–Crippen LogP) is 4.62. The summed E-state index contributed by atoms with van der Waals surface area (Å²) in [6.07, 6.45) is -2.90. The van der Waals surface area contributed by atoms with E-state index < -0.39 is 23.7 Å². The second-order valence-corrected chi connectivity index (χ2v) is 5.65. The SMILES string of the molecule is O=C(NC(c1ccccc1)c1ccccn1)c1cccc(C(F)(F)F)c1. The lowest BCUT2D eigenvalue weighted by Crippen LogP contribution is -2.30. The van der Waals surface area contributed by atoms with Crippen molar-refractivity contribution in [3.05, 3.63) is 101 Å². The Labute approximate surface area is 148 Å². The van der Waals surface area contributed by atoms with Gasteiger partial charge >= 0.3 is 6.18 Å². The van der Waals surface area contributed by atoms with E-state index >= 15 is 0 Å². The number of alkyl halides is 3. The molecule has 1 N–H and O–H groups in total. The number of pyridine rings is 1. The number of nitrogens with zero attached hydrogens (tertiary/aromatic N) is 1. The molecule has 26 heavy (non-hydrogen) atoms. The van der Waals surface area contributed by atoms with Gasteiger partial charge in [-0.15, -0.1) is 0 Å². The highest BCUT2D eigenvalue weighted by Gasteiger charge is 2.31. The van der Waals surface area contributed by atoms with E-state index in [0.717, 1.165) is 17.7 Å². The van der Waals surface area contributed by atoms with Crippen molar-refractivity contribution in [3.63, 3.8) is 0 Å². The fourth-order valence-corrected chi connectivity index (χ4v) is 2.57. The van der Waals surface area contributed by atoms with Gasteiger partial charge in [-0.2, -0.15) is 13.2 Å². The van der Waals surface area contributed by atoms with E-state index in [-0.39, 0.29) is 5.56 Å². The van der Waals surface area contributed by atoms with Gasteiger partial charge in [0.05, 0.1) is 17.3 Å². The van der Waals surface area contributed by atoms with E-state index in [2.05, 4.69) is 10.3 Å². The molecule has 0 aliphatic rings. The van der Waals surface area contributed by atoms with Crippen LogP contribution in [-0.2, 0) is 6.18 Å². The third kappa shape index (κ3) is 4.08. The normalized spacial score (nSPS) is 12.4. The number of nitrogens with one attached hydrogen (secondary N) is 1. The van der Waals surface area contributed by atoms with Crippen molar-refractivity contribution in [2.24, 2.45) is 0 Å². The zero-order valence-electron chi connectivity index (χ0n) is 13.6. The van der Waals surface area contributed by atoms with Crippen molar-refractivity contribution in [3.8, 4) is 0 Å². The van der Waals surface area contributed by atoms with Crippen LogP contribution in [0, 0.1) is 0 Å². The monoisotopic (exact) mass is 356 g/mol. The smallest absolute Gasteiger partial charge is 0.340 e. The molecule has 2 aromatic carbocycles. The molecular formula is C20H15F3N2O. The maximum absolute atomic E-state index is 12.9. The molecule has 0 saturated carbocycles. The van der Waals surface area contributed by atoms with Crippen molar-refractivity contribution in [2.45, 2.75) is 12.2 Å². The molecule has 0 aliphatic carbocycles. The summed E-state index contributed by atoms with van der Waals surface area (Å²) in [7, 11) is 0. The summed E-state index contributed by atoms with van der Waals surface area (Å²) in [6.45, 7) is 0. The summed E-state index contributed by atoms with van der Waals surface area (Å²) in [6, 6.07) is 18.2. The van der Waals surface area contributed by atoms with Crippen LogP contribution in [0.5, 0.6) is 0 Å². The second kappa shape index (κ2) is 7.39. The van der Waals surface area contributed by atoms with Crippen molar-refractivity contribution >= 4 is 5.91 Å². The number of hydrogen-bond donors (Lipinski definition) is 1. The van der Waals surface area contributed by atoms with Crippen LogP contribution in [0.4, 0.5) is 13.2 Å². The van der Waals surface area contributed by atoms with Crippen molar-refractivity contribution in [2.75, 3.05) is 0 Å². The third-order valence-electron chi connectivity index (χ3n) is 3.84. The number of hydrogen-bond acceptors (Lipinski definition) is 2. The first-order valence-corrected chi connectivity index (χ1v) is 7.89. The highest BCUT2D eigenvalue weighted by atomic mass is 19.4. The minimum Gasteiger partial charge on any atom is -0.340 e. The number of carbonyl (C=O) groups is 1. The van der Waals surface area contributed by atoms with Crippen LogP contribution in [0.15, 0.2) is 79.0 Å². The van der Waals surface area contributed by atoms with Crippen molar-refractivity contribution < 1.29 is 18.0 Å². The Morgan fingerprint density at radius 2 is 1.65 bits per heavy atom. The minimum absolute atomic E-state index is 0.0586. The maximum atomic E-state index is 12.9. The Morgan fingerprint density at radius 1 is 0.923 bits per heavy atom. The van der Waals surface area contributed by atoms with E-state index in [1.54, 1.807) is 24.4 Å². The molecule has 132 valence electrons. The van der Waals surface area contributed by atoms with Gasteiger partial charge in [-0.3, -0.25) is 9.78 Å². The van der Waals surface area contributed by atoms with Gasteiger partial charge in [0.15, 0.2) is 0 Å². The highest BCUT2D eigenvalue weighted by molar-refractivity contribution is 5.94. The first kappa shape index (κ1) is 17.7. The van der Waals surface area contributed by atoms with Crippen LogP contribution >= 0.6 is 0 Å². The standard InChI is InChI=1S/C20H15F3N2O/c21-20(22,23)16-10-6-9-15(13-16)19(26)25-18(14-7-2-1-3-8-14)17-11-4-5-12-24-17/h1-13,18H,(H,25,26). The van der Waals surface area contributed by atoms with Crippen LogP contribution in [0.2, 0.25) is 0 Å². The molecule has 1 amide bonds. The Hall–Kier alpha value is -3.15. The molecule has 0 saturated heterocycles. The van der Waals surface area contributed by atoms with Crippen LogP contribution in [0.1, 0.15) is 33.2 Å². The fourth-order valence-electron chi connectivity index (χ4n) is 2.57. The Balaban J connectivity index is 1.91. The fraction of sp³-hybridized carbons (Fsp3) is 0.100. The third-order valence-corrected chi connectivity index (χ3v) is 3.84. The van der Waals surface area contributed by atoms with E-state index in [4.69, 9.17) is 0 Å². The van der Waals surface area contributed by atoms with Crippen LogP contribution in [-0.4, -0.2) is 10.9 Å². The van der Waals surface area contributed by atoms with Gasteiger partial charge in [0.1, 0.15) is 0 Å². The molecule has 1 atom stereocenters. The zero-order chi connectivity index (χ0) is 18.6. The second-order valence-electron chi connectivity index (χ2n) is 5.65. The summed E-state index contributed by atoms with van der Waals surface area (Å²) in [5.41, 5.74) is 0.460. The predicted molar refractivity (Wildman–Crippen MR) is 91.4 cm³/mol. The molecule has 0 aliphatic heterocycles. The van der Waals surface area contributed by atoms with Crippen molar-refractivity contribution in [1.82, 2.24) is 10.3 Å². The number of benzene rings is 2. The van der Waals surface area contributed by atoms with E-state index in [1.165, 1.54) is 12.1 Å². The number of halogens is 3. The number of carbonyl (C=O) groups excluding carboxylic acids is 1. The summed E-state index contributed by atoms with van der Waals surface area (Å²) in [4.78, 5) is 16.8. The molecule has 1 heterocycles. The van der Waals surface area contributed by atoms with Gasteiger partial charge in [-0.05, 0) is 35.9 Å². The van der Waals surface area contributed by atoms with E-state index in [0.29, 0.717) is 5.69 Å². The number of rotatable bonds is 4. The van der Waals surface area contributed by atoms with Crippen molar-refractivity contribution in [1.29, 1.82) is 0 Å². The van der Waals surface area contributed by atoms with Gasteiger partial charge in [0, 0.05) is 11.8 Å². The molecule has 1 unspecified atom stereocenters. The Bertz CT molecular complexity index is 841. The molecular weight excluding hydrogens is 341 g/mol. The highest BCUT2D eigenvalue weighted by Crippen LogP contribution is 2.29. The molecule has 3 rings (SSSR count). The molecule has 3 aromatic rings. The lowest BCUT2D eigenvalue weighted by atomic mass is 10.0. The molecule has 0 spiro atoms. The van der Waals surface area contributed by atoms with Crippen LogP contribution in [0.25, 0.3) is 0 Å². The lowest BCUT2D eigenvalue weighted by molar-refractivity contribution is -0.137. The average Bonchev–Trinajstić information content (AvgIpc) is 2.67. The maximum Gasteiger partial charge on any atom is 0.416 e. The average molecular weight is 356 g/mol. The topological polar surface area (TPSA) is 42.0 Å². The summed E-state index contributed by atoms with van der Waals surface area (Å²) in [5, 5.41) is 2.78. The summed E-state index contributed by atoms with van der Waals surface area (Å²) < 4.78 is 38.6. The molecule has 0 fully saturated rings. The summed E-state index contributed by atoms with van der Waals surface area (Å²) in [5.74, 6) is -0.601. The molecule has 6 heteroatoms. The van der Waals surface area contributed by atoms with Gasteiger partial charge in [0.2, 0.25) is 0 Å². The van der Waals surface area contributed by atoms with Gasteiger partial charge in [-0.1, -0.05) is 42.5 Å². The van der Waals surface area contributed by atoms with Gasteiger partial charge in [0.25, 0.3) is 5.91 Å². The van der Waals surface area contributed by atoms with Crippen LogP contribution in [0.3, 0.4) is 0 Å². The molecule has 1 aromatic heterocycles. The van der Waals surface area contributed by atoms with Gasteiger partial charge in [-0.25, -0.2) is 0 Å². The largest absolute Gasteiger partial charge is 0.416 e. The van der Waals surface area contributed by atoms with Crippen LogP contribution < -0.4 is 5.32 Å². The zero-order valence-corrected chi connectivity index (χ0v) is 13.6. The Morgan fingerprint density at radius 3 is 2.31 bits per heavy atom. The molecule has 0 bridgehead atoms. The number of amides is 1. The lowest BCUT2D eigenvalue weighted by Gasteiger charge is -2.19. The first-order valence-electron chi connectivity index (χ1n) is 7.89. The van der Waals surface area contributed by atoms with E-state index in [9.17, 15) is 18.0 Å². The molecule has 3 nitrogen and oxygen atoms in total. The Kier molecular flexibility index (Phi) is 5.02.